The Kier molecular flexibility index (Phi) is 6.88. The molecule has 16 heavy (non-hydrogen) atoms. The van der Waals surface area contributed by atoms with Crippen LogP contribution < -0.4 is 5.32 Å². The largest absolute Gasteiger partial charge is 0.465 e. The van der Waals surface area contributed by atoms with E-state index in [0.717, 1.165) is 6.54 Å². The molecule has 0 heterocycles. The highest BCUT2D eigenvalue weighted by Crippen LogP contribution is 2.29. The second-order valence-electron chi connectivity index (χ2n) is 4.20. The Morgan fingerprint density at radius 1 is 1.44 bits per heavy atom. The summed E-state index contributed by atoms with van der Waals surface area (Å²) in [5.74, 6) is 0.441. The van der Waals surface area contributed by atoms with Gasteiger partial charge in [0.15, 0.2) is 0 Å². The van der Waals surface area contributed by atoms with Gasteiger partial charge in [-0.15, -0.1) is 11.8 Å². The predicted octanol–water partition coefficient (Wildman–Crippen LogP) is 2.20. The van der Waals surface area contributed by atoms with Gasteiger partial charge < -0.3 is 10.1 Å². The Bertz CT molecular complexity index is 211. The van der Waals surface area contributed by atoms with E-state index in [1.165, 1.54) is 25.7 Å². The number of nitrogens with one attached hydrogen (secondary N) is 1. The lowest BCUT2D eigenvalue weighted by Gasteiger charge is -2.12. The molecular weight excluding hydrogens is 222 g/mol. The Labute approximate surface area is 103 Å². The van der Waals surface area contributed by atoms with Crippen molar-refractivity contribution >= 4 is 17.7 Å². The average Bonchev–Trinajstić information content (AvgIpc) is 2.72. The molecule has 1 rings (SSSR count). The van der Waals surface area contributed by atoms with E-state index in [2.05, 4.69) is 12.2 Å². The number of ether oxygens (including phenoxy) is 1. The lowest BCUT2D eigenvalue weighted by atomic mass is 10.2. The molecule has 2 unspecified atom stereocenters. The van der Waals surface area contributed by atoms with E-state index in [9.17, 15) is 4.79 Å². The van der Waals surface area contributed by atoms with Gasteiger partial charge in [0.05, 0.1) is 12.4 Å². The molecule has 0 amide bonds. The fourth-order valence-corrected chi connectivity index (χ4v) is 3.14. The molecule has 2 atom stereocenters. The molecule has 1 aliphatic carbocycles. The van der Waals surface area contributed by atoms with Gasteiger partial charge in [0.1, 0.15) is 0 Å². The van der Waals surface area contributed by atoms with Gasteiger partial charge in [-0.2, -0.15) is 0 Å². The minimum Gasteiger partial charge on any atom is -0.465 e. The maximum atomic E-state index is 11.2. The number of hydrogen-bond acceptors (Lipinski definition) is 4. The summed E-state index contributed by atoms with van der Waals surface area (Å²) in [5.41, 5.74) is 0. The second-order valence-corrected chi connectivity index (χ2v) is 5.49. The molecule has 0 aromatic heterocycles. The van der Waals surface area contributed by atoms with Crippen LogP contribution in [0.1, 0.15) is 39.5 Å². The fourth-order valence-electron chi connectivity index (χ4n) is 2.01. The van der Waals surface area contributed by atoms with E-state index in [0.29, 0.717) is 23.7 Å². The third-order valence-corrected chi connectivity index (χ3v) is 4.11. The molecule has 0 spiro atoms. The third kappa shape index (κ3) is 5.21. The first-order chi connectivity index (χ1) is 7.76. The van der Waals surface area contributed by atoms with Gasteiger partial charge in [-0.3, -0.25) is 4.79 Å². The van der Waals surface area contributed by atoms with Crippen LogP contribution in [-0.2, 0) is 9.53 Å². The average molecular weight is 245 g/mol. The van der Waals surface area contributed by atoms with Gasteiger partial charge in [0, 0.05) is 11.3 Å². The lowest BCUT2D eigenvalue weighted by molar-refractivity contribution is -0.139. The van der Waals surface area contributed by atoms with Crippen LogP contribution in [0.25, 0.3) is 0 Å². The van der Waals surface area contributed by atoms with Crippen molar-refractivity contribution in [2.45, 2.75) is 50.8 Å². The lowest BCUT2D eigenvalue weighted by Crippen LogP contribution is -2.27. The molecule has 4 heteroatoms. The number of carbonyl (C=O) groups is 1. The maximum Gasteiger partial charge on any atom is 0.315 e. The van der Waals surface area contributed by atoms with E-state index in [1.54, 1.807) is 11.8 Å². The summed E-state index contributed by atoms with van der Waals surface area (Å²) in [6, 6.07) is 0.666. The van der Waals surface area contributed by atoms with Crippen LogP contribution in [0.15, 0.2) is 0 Å². The minimum atomic E-state index is -0.0718. The number of rotatable bonds is 7. The van der Waals surface area contributed by atoms with E-state index in [4.69, 9.17) is 4.74 Å². The van der Waals surface area contributed by atoms with Crippen molar-refractivity contribution < 1.29 is 9.53 Å². The normalized spacial score (nSPS) is 24.6. The fraction of sp³-hybridized carbons (Fsp3) is 0.917. The molecule has 3 nitrogen and oxygen atoms in total. The quantitative estimate of drug-likeness (QED) is 0.698. The van der Waals surface area contributed by atoms with Crippen molar-refractivity contribution in [3.8, 4) is 0 Å². The van der Waals surface area contributed by atoms with Crippen molar-refractivity contribution in [3.63, 3.8) is 0 Å². The van der Waals surface area contributed by atoms with Gasteiger partial charge in [0.25, 0.3) is 0 Å². The smallest absolute Gasteiger partial charge is 0.315 e. The SMILES string of the molecule is CCCNC1CCC(SCC(=O)OCC)C1. The first kappa shape index (κ1) is 13.8. The van der Waals surface area contributed by atoms with Gasteiger partial charge in [-0.05, 0) is 39.2 Å². The topological polar surface area (TPSA) is 38.3 Å². The van der Waals surface area contributed by atoms with Crippen LogP contribution in [-0.4, -0.2) is 36.2 Å². The van der Waals surface area contributed by atoms with Crippen LogP contribution in [0.2, 0.25) is 0 Å². The molecule has 0 radical (unpaired) electrons. The molecule has 1 fully saturated rings. The monoisotopic (exact) mass is 245 g/mol. The molecule has 0 bridgehead atoms. The van der Waals surface area contributed by atoms with Gasteiger partial charge in [-0.25, -0.2) is 0 Å². The first-order valence-electron chi connectivity index (χ1n) is 6.26. The minimum absolute atomic E-state index is 0.0718. The van der Waals surface area contributed by atoms with E-state index in [-0.39, 0.29) is 5.97 Å². The van der Waals surface area contributed by atoms with Crippen LogP contribution in [0, 0.1) is 0 Å². The number of hydrogen-bond donors (Lipinski definition) is 1. The summed E-state index contributed by atoms with van der Waals surface area (Å²) in [7, 11) is 0. The highest BCUT2D eigenvalue weighted by molar-refractivity contribution is 8.00. The molecule has 0 aromatic rings. The molecular formula is C12H23NO2S. The van der Waals surface area contributed by atoms with Gasteiger partial charge in [-0.1, -0.05) is 6.92 Å². The predicted molar refractivity (Wildman–Crippen MR) is 68.8 cm³/mol. The van der Waals surface area contributed by atoms with E-state index in [1.807, 2.05) is 6.92 Å². The zero-order valence-corrected chi connectivity index (χ0v) is 11.1. The van der Waals surface area contributed by atoms with Crippen LogP contribution >= 0.6 is 11.8 Å². The highest BCUT2D eigenvalue weighted by Gasteiger charge is 2.24. The van der Waals surface area contributed by atoms with Crippen LogP contribution in [0.3, 0.4) is 0 Å². The van der Waals surface area contributed by atoms with Crippen LogP contribution in [0.4, 0.5) is 0 Å². The molecule has 1 saturated carbocycles. The zero-order chi connectivity index (χ0) is 11.8. The maximum absolute atomic E-state index is 11.2. The number of thioether (sulfide) groups is 1. The Morgan fingerprint density at radius 2 is 2.25 bits per heavy atom. The van der Waals surface area contributed by atoms with Crippen LogP contribution in [0.5, 0.6) is 0 Å². The molecule has 0 aliphatic heterocycles. The molecule has 0 aromatic carbocycles. The van der Waals surface area contributed by atoms with E-state index >= 15 is 0 Å². The van der Waals surface area contributed by atoms with Crippen molar-refractivity contribution in [2.75, 3.05) is 18.9 Å². The standard InChI is InChI=1S/C12H23NO2S/c1-3-7-13-10-5-6-11(8-10)16-9-12(14)15-4-2/h10-11,13H,3-9H2,1-2H3. The summed E-state index contributed by atoms with van der Waals surface area (Å²) < 4.78 is 4.92. The van der Waals surface area contributed by atoms with Crippen molar-refractivity contribution in [1.82, 2.24) is 5.32 Å². The van der Waals surface area contributed by atoms with Crippen molar-refractivity contribution in [3.05, 3.63) is 0 Å². The molecule has 0 saturated heterocycles. The highest BCUT2D eigenvalue weighted by atomic mass is 32.2. The summed E-state index contributed by atoms with van der Waals surface area (Å²) in [4.78, 5) is 11.2. The van der Waals surface area contributed by atoms with Crippen molar-refractivity contribution in [2.24, 2.45) is 0 Å². The molecule has 1 N–H and O–H groups in total. The summed E-state index contributed by atoms with van der Waals surface area (Å²) in [6.07, 6.45) is 4.87. The third-order valence-electron chi connectivity index (χ3n) is 2.81. The summed E-state index contributed by atoms with van der Waals surface area (Å²) in [6.45, 7) is 5.64. The Morgan fingerprint density at radius 3 is 2.94 bits per heavy atom. The number of esters is 1. The van der Waals surface area contributed by atoms with Crippen molar-refractivity contribution in [1.29, 1.82) is 0 Å². The van der Waals surface area contributed by atoms with Gasteiger partial charge >= 0.3 is 5.97 Å². The Balaban J connectivity index is 2.09. The summed E-state index contributed by atoms with van der Waals surface area (Å²) >= 11 is 1.75. The first-order valence-corrected chi connectivity index (χ1v) is 7.31. The number of carbonyl (C=O) groups excluding carboxylic acids is 1. The van der Waals surface area contributed by atoms with Gasteiger partial charge in [0.2, 0.25) is 0 Å². The molecule has 94 valence electrons. The molecule has 1 aliphatic rings. The van der Waals surface area contributed by atoms with E-state index < -0.39 is 0 Å². The summed E-state index contributed by atoms with van der Waals surface area (Å²) in [5, 5.41) is 4.18. The second kappa shape index (κ2) is 7.96. The Hall–Kier alpha value is -0.220. The zero-order valence-electron chi connectivity index (χ0n) is 10.3.